The molecule has 0 radical (unpaired) electrons. The number of hydrogen-bond acceptors (Lipinski definition) is 2. The van der Waals surface area contributed by atoms with Crippen LogP contribution in [0.15, 0.2) is 0 Å². The third-order valence-corrected chi connectivity index (χ3v) is 2.94. The van der Waals surface area contributed by atoms with E-state index in [0.717, 1.165) is 52.4 Å². The summed E-state index contributed by atoms with van der Waals surface area (Å²) in [6.07, 6.45) is 0. The van der Waals surface area contributed by atoms with Crippen molar-refractivity contribution in [3.8, 4) is 0 Å². The van der Waals surface area contributed by atoms with Crippen LogP contribution in [0.1, 0.15) is 27.7 Å². The van der Waals surface area contributed by atoms with Crippen molar-refractivity contribution in [2.24, 2.45) is 0 Å². The van der Waals surface area contributed by atoms with Gasteiger partial charge < -0.3 is 15.1 Å². The molecule has 0 fully saturated rings. The first-order chi connectivity index (χ1) is 8.69. The van der Waals surface area contributed by atoms with Gasteiger partial charge in [-0.2, -0.15) is 0 Å². The SMILES string of the molecule is CCN(CC)CC[N-]CCN(CC)CC.[CH3][Ga+][CH3]. The molecule has 0 unspecified atom stereocenters. The van der Waals surface area contributed by atoms with E-state index in [1.807, 2.05) is 0 Å². The molecule has 4 heteroatoms. The number of likely N-dealkylation sites (N-methyl/N-ethyl adjacent to an activating group) is 2. The van der Waals surface area contributed by atoms with Gasteiger partial charge in [0.15, 0.2) is 0 Å². The van der Waals surface area contributed by atoms with Crippen molar-refractivity contribution in [2.45, 2.75) is 38.7 Å². The quantitative estimate of drug-likeness (QED) is 0.457. The first-order valence-electron chi connectivity index (χ1n) is 7.51. The molecule has 0 heterocycles. The van der Waals surface area contributed by atoms with E-state index in [1.165, 1.54) is 0 Å². The van der Waals surface area contributed by atoms with Gasteiger partial charge in [-0.05, 0) is 39.3 Å². The summed E-state index contributed by atoms with van der Waals surface area (Å²) in [6, 6.07) is 0. The summed E-state index contributed by atoms with van der Waals surface area (Å²) < 4.78 is 0. The Morgan fingerprint density at radius 3 is 1.22 bits per heavy atom. The van der Waals surface area contributed by atoms with E-state index in [1.54, 1.807) is 0 Å². The maximum absolute atomic E-state index is 4.56. The van der Waals surface area contributed by atoms with Crippen LogP contribution in [0.2, 0.25) is 11.0 Å². The standard InChI is InChI=1S/C12H28N3.2CH3.Ga/c1-5-14(6-2)11-9-13-10-12-15(7-3)8-4;;;/h5-12H2,1-4H3;2*1H3;/q-1;;;+1. The monoisotopic (exact) mass is 313 g/mol. The third kappa shape index (κ3) is 14.6. The fourth-order valence-electron chi connectivity index (χ4n) is 1.62. The van der Waals surface area contributed by atoms with E-state index in [2.05, 4.69) is 53.8 Å². The minimum atomic E-state index is 0.312. The van der Waals surface area contributed by atoms with Gasteiger partial charge in [0, 0.05) is 0 Å². The van der Waals surface area contributed by atoms with Gasteiger partial charge in [-0.3, -0.25) is 0 Å². The summed E-state index contributed by atoms with van der Waals surface area (Å²) in [7, 11) is 0. The molecule has 0 saturated carbocycles. The van der Waals surface area contributed by atoms with Crippen LogP contribution in [-0.2, 0) is 0 Å². The Labute approximate surface area is 123 Å². The summed E-state index contributed by atoms with van der Waals surface area (Å²) in [6.45, 7) is 17.6. The zero-order chi connectivity index (χ0) is 14.2. The first kappa shape index (κ1) is 20.8. The first-order valence-corrected chi connectivity index (χ1v) is 12.4. The molecule has 0 aromatic rings. The molecule has 18 heavy (non-hydrogen) atoms. The Hall–Kier alpha value is 0.516. The van der Waals surface area contributed by atoms with Gasteiger partial charge in [0.25, 0.3) is 0 Å². The third-order valence-electron chi connectivity index (χ3n) is 2.94. The Bertz CT molecular complexity index is 123. The van der Waals surface area contributed by atoms with E-state index >= 15 is 0 Å². The maximum atomic E-state index is 4.56. The van der Waals surface area contributed by atoms with E-state index < -0.39 is 0 Å². The van der Waals surface area contributed by atoms with Crippen LogP contribution >= 0.6 is 0 Å². The molecule has 0 spiro atoms. The molecule has 0 amide bonds. The summed E-state index contributed by atoms with van der Waals surface area (Å²) >= 11 is 0.312. The van der Waals surface area contributed by atoms with Gasteiger partial charge in [0.1, 0.15) is 0 Å². The summed E-state index contributed by atoms with van der Waals surface area (Å²) in [5, 5.41) is 4.56. The minimum absolute atomic E-state index is 0.312. The van der Waals surface area contributed by atoms with E-state index in [4.69, 9.17) is 0 Å². The van der Waals surface area contributed by atoms with Crippen molar-refractivity contribution in [1.82, 2.24) is 9.80 Å². The van der Waals surface area contributed by atoms with Gasteiger partial charge >= 0.3 is 28.4 Å². The van der Waals surface area contributed by atoms with Crippen LogP contribution in [0.3, 0.4) is 0 Å². The van der Waals surface area contributed by atoms with Crippen LogP contribution < -0.4 is 0 Å². The number of rotatable bonds is 10. The van der Waals surface area contributed by atoms with Crippen molar-refractivity contribution in [2.75, 3.05) is 52.4 Å². The Kier molecular flexibility index (Phi) is 20.3. The normalized spacial score (nSPS) is 10.2. The predicted octanol–water partition coefficient (Wildman–Crippen LogP) is 2.83. The zero-order valence-electron chi connectivity index (χ0n) is 13.6. The molecule has 0 aliphatic heterocycles. The number of hydrogen-bond donors (Lipinski definition) is 0. The Morgan fingerprint density at radius 2 is 1.00 bits per heavy atom. The van der Waals surface area contributed by atoms with Crippen LogP contribution in [0.25, 0.3) is 5.32 Å². The molecular formula is C14H34GaN3. The van der Waals surface area contributed by atoms with Gasteiger partial charge in [0.2, 0.25) is 0 Å². The molecule has 3 nitrogen and oxygen atoms in total. The van der Waals surface area contributed by atoms with Crippen molar-refractivity contribution >= 4 is 17.4 Å². The van der Waals surface area contributed by atoms with Gasteiger partial charge in [0.05, 0.1) is 0 Å². The fourth-order valence-corrected chi connectivity index (χ4v) is 1.62. The van der Waals surface area contributed by atoms with E-state index in [9.17, 15) is 0 Å². The van der Waals surface area contributed by atoms with Crippen LogP contribution in [-0.4, -0.2) is 79.6 Å². The second-order valence-corrected chi connectivity index (χ2v) is 6.72. The average Bonchev–Trinajstić information content (AvgIpc) is 2.39. The van der Waals surface area contributed by atoms with Crippen LogP contribution in [0, 0.1) is 0 Å². The summed E-state index contributed by atoms with van der Waals surface area (Å²) in [5.74, 6) is 0. The summed E-state index contributed by atoms with van der Waals surface area (Å²) in [4.78, 5) is 4.84. The number of nitrogens with zero attached hydrogens (tertiary/aromatic N) is 3. The molecule has 0 saturated heterocycles. The molecule has 0 atom stereocenters. The molecule has 0 aromatic heterocycles. The van der Waals surface area contributed by atoms with Crippen molar-refractivity contribution in [3.05, 3.63) is 5.32 Å². The molecule has 0 rings (SSSR count). The molecule has 0 aliphatic carbocycles. The average molecular weight is 314 g/mol. The van der Waals surface area contributed by atoms with E-state index in [0.29, 0.717) is 17.4 Å². The van der Waals surface area contributed by atoms with Crippen molar-refractivity contribution < 1.29 is 0 Å². The Morgan fingerprint density at radius 1 is 0.722 bits per heavy atom. The molecule has 0 aliphatic rings. The molecular weight excluding hydrogens is 280 g/mol. The van der Waals surface area contributed by atoms with Crippen molar-refractivity contribution in [3.63, 3.8) is 0 Å². The van der Waals surface area contributed by atoms with Crippen molar-refractivity contribution in [1.29, 1.82) is 0 Å². The van der Waals surface area contributed by atoms with E-state index in [-0.39, 0.29) is 0 Å². The zero-order valence-corrected chi connectivity index (χ0v) is 16.0. The van der Waals surface area contributed by atoms with Crippen LogP contribution in [0.5, 0.6) is 0 Å². The van der Waals surface area contributed by atoms with Crippen LogP contribution in [0.4, 0.5) is 0 Å². The van der Waals surface area contributed by atoms with Gasteiger partial charge in [-0.15, -0.1) is 13.1 Å². The molecule has 0 N–H and O–H groups in total. The fraction of sp³-hybridized carbons (Fsp3) is 1.00. The predicted molar refractivity (Wildman–Crippen MR) is 86.2 cm³/mol. The second-order valence-electron chi connectivity index (χ2n) is 4.30. The summed E-state index contributed by atoms with van der Waals surface area (Å²) in [5.41, 5.74) is 4.56. The topological polar surface area (TPSA) is 20.6 Å². The molecule has 0 bridgehead atoms. The Balaban J connectivity index is 0. The van der Waals surface area contributed by atoms with Gasteiger partial charge in [-0.1, -0.05) is 27.7 Å². The second kappa shape index (κ2) is 17.5. The molecule has 108 valence electrons. The van der Waals surface area contributed by atoms with Gasteiger partial charge in [-0.25, -0.2) is 0 Å². The molecule has 0 aromatic carbocycles.